The van der Waals surface area contributed by atoms with Crippen LogP contribution in [0.25, 0.3) is 5.69 Å². The highest BCUT2D eigenvalue weighted by Gasteiger charge is 2.18. The van der Waals surface area contributed by atoms with Crippen molar-refractivity contribution in [3.63, 3.8) is 0 Å². The summed E-state index contributed by atoms with van der Waals surface area (Å²) >= 11 is 0. The summed E-state index contributed by atoms with van der Waals surface area (Å²) in [5.41, 5.74) is 2.16. The molecule has 0 aliphatic heterocycles. The maximum atomic E-state index is 15.3. The first-order valence-electron chi connectivity index (χ1n) is 8.97. The minimum atomic E-state index is -0.506. The zero-order chi connectivity index (χ0) is 20.1. The van der Waals surface area contributed by atoms with Crippen LogP contribution in [0.2, 0.25) is 0 Å². The van der Waals surface area contributed by atoms with Gasteiger partial charge in [0.2, 0.25) is 5.95 Å². The first-order chi connectivity index (χ1) is 13.5. The molecule has 0 aliphatic carbocycles. The average molecular weight is 385 g/mol. The summed E-state index contributed by atoms with van der Waals surface area (Å²) in [6.07, 6.45) is 3.47. The van der Waals surface area contributed by atoms with Crippen molar-refractivity contribution in [3.8, 4) is 11.4 Å². The largest absolute Gasteiger partial charge is 0.494 e. The molecule has 0 spiro atoms. The Hall–Kier alpha value is -3.20. The number of nitrogens with one attached hydrogen (secondary N) is 3. The zero-order valence-electron chi connectivity index (χ0n) is 16.4. The molecule has 1 aromatic carbocycles. The van der Waals surface area contributed by atoms with E-state index in [2.05, 4.69) is 31.0 Å². The van der Waals surface area contributed by atoms with E-state index in [0.29, 0.717) is 24.1 Å². The smallest absolute Gasteiger partial charge is 0.229 e. The van der Waals surface area contributed by atoms with Crippen molar-refractivity contribution in [2.75, 3.05) is 31.3 Å². The molecule has 8 nitrogen and oxygen atoms in total. The highest BCUT2D eigenvalue weighted by molar-refractivity contribution is 5.64. The summed E-state index contributed by atoms with van der Waals surface area (Å²) < 4.78 is 22.2. The first-order valence-corrected chi connectivity index (χ1v) is 8.97. The fraction of sp³-hybridized carbons (Fsp3) is 0.316. The summed E-state index contributed by atoms with van der Waals surface area (Å²) in [5, 5.41) is 13.4. The van der Waals surface area contributed by atoms with Gasteiger partial charge in [-0.2, -0.15) is 10.1 Å². The predicted octanol–water partition coefficient (Wildman–Crippen LogP) is 3.01. The number of hydrogen-bond acceptors (Lipinski definition) is 7. The molecule has 28 heavy (non-hydrogen) atoms. The summed E-state index contributed by atoms with van der Waals surface area (Å²) in [5.74, 6) is 0.813. The molecule has 3 N–H and O–H groups in total. The third-order valence-corrected chi connectivity index (χ3v) is 4.10. The van der Waals surface area contributed by atoms with Crippen molar-refractivity contribution >= 4 is 17.5 Å². The normalized spacial score (nSPS) is 10.8. The fourth-order valence-electron chi connectivity index (χ4n) is 2.74. The summed E-state index contributed by atoms with van der Waals surface area (Å²) in [7, 11) is 3.26. The van der Waals surface area contributed by atoms with E-state index in [1.165, 1.54) is 11.8 Å². The molecule has 0 bridgehead atoms. The van der Waals surface area contributed by atoms with E-state index in [0.717, 1.165) is 17.8 Å². The minimum absolute atomic E-state index is 0.219. The molecule has 0 atom stereocenters. The van der Waals surface area contributed by atoms with Gasteiger partial charge in [0, 0.05) is 37.1 Å². The van der Waals surface area contributed by atoms with Crippen molar-refractivity contribution in [1.29, 1.82) is 0 Å². The summed E-state index contributed by atoms with van der Waals surface area (Å²) in [6, 6.07) is 5.07. The van der Waals surface area contributed by atoms with Crippen LogP contribution >= 0.6 is 0 Å². The number of ether oxygens (including phenoxy) is 1. The molecule has 3 aromatic rings. The second-order valence-corrected chi connectivity index (χ2v) is 6.14. The minimum Gasteiger partial charge on any atom is -0.494 e. The van der Waals surface area contributed by atoms with E-state index in [1.54, 1.807) is 37.6 Å². The summed E-state index contributed by atoms with van der Waals surface area (Å²) in [4.78, 5) is 8.62. The number of hydrogen-bond donors (Lipinski definition) is 3. The van der Waals surface area contributed by atoms with Gasteiger partial charge in [0.1, 0.15) is 17.3 Å². The zero-order valence-corrected chi connectivity index (χ0v) is 16.4. The van der Waals surface area contributed by atoms with Crippen LogP contribution in [-0.4, -0.2) is 40.5 Å². The fourth-order valence-corrected chi connectivity index (χ4v) is 2.74. The molecule has 0 saturated heterocycles. The second-order valence-electron chi connectivity index (χ2n) is 6.14. The Morgan fingerprint density at radius 3 is 2.79 bits per heavy atom. The number of methoxy groups -OCH3 is 1. The molecule has 0 saturated carbocycles. The van der Waals surface area contributed by atoms with E-state index in [4.69, 9.17) is 4.74 Å². The maximum absolute atomic E-state index is 15.3. The van der Waals surface area contributed by atoms with Gasteiger partial charge in [-0.25, -0.2) is 14.1 Å². The Morgan fingerprint density at radius 2 is 2.07 bits per heavy atom. The van der Waals surface area contributed by atoms with Gasteiger partial charge in [0.15, 0.2) is 5.82 Å². The lowest BCUT2D eigenvalue weighted by atomic mass is 10.2. The molecular formula is C19H24FN7O. The lowest BCUT2D eigenvalue weighted by molar-refractivity contribution is 0.407. The molecular weight excluding hydrogens is 361 g/mol. The third kappa shape index (κ3) is 4.20. The Balaban J connectivity index is 1.97. The Labute approximate surface area is 163 Å². The van der Waals surface area contributed by atoms with Crippen molar-refractivity contribution in [1.82, 2.24) is 25.1 Å². The standard InChI is InChI=1S/C19H24FN7O/c1-5-22-9-13-10-23-27(11-13)18-15(28-4)7-6-14(17(18)20)25-19-24-12(2)8-16(21-3)26-19/h6-8,10-11,22H,5,9H2,1-4H3,(H2,21,24,25,26). The van der Waals surface area contributed by atoms with Gasteiger partial charge in [-0.3, -0.25) is 0 Å². The van der Waals surface area contributed by atoms with Crippen LogP contribution in [0.1, 0.15) is 18.2 Å². The molecule has 0 radical (unpaired) electrons. The number of halogens is 1. The van der Waals surface area contributed by atoms with E-state index >= 15 is 4.39 Å². The van der Waals surface area contributed by atoms with Crippen LogP contribution in [0, 0.1) is 12.7 Å². The van der Waals surface area contributed by atoms with Gasteiger partial charge in [-0.05, 0) is 25.6 Å². The van der Waals surface area contributed by atoms with Gasteiger partial charge in [0.05, 0.1) is 19.0 Å². The quantitative estimate of drug-likeness (QED) is 0.549. The number of benzene rings is 1. The third-order valence-electron chi connectivity index (χ3n) is 4.10. The number of aryl methyl sites for hydroxylation is 1. The lowest BCUT2D eigenvalue weighted by Gasteiger charge is -2.14. The van der Waals surface area contributed by atoms with Crippen LogP contribution in [0.3, 0.4) is 0 Å². The van der Waals surface area contributed by atoms with E-state index < -0.39 is 5.82 Å². The number of nitrogens with zero attached hydrogens (tertiary/aromatic N) is 4. The van der Waals surface area contributed by atoms with Gasteiger partial charge < -0.3 is 20.7 Å². The van der Waals surface area contributed by atoms with Crippen LogP contribution in [0.15, 0.2) is 30.6 Å². The van der Waals surface area contributed by atoms with Crippen molar-refractivity contribution in [2.24, 2.45) is 0 Å². The van der Waals surface area contributed by atoms with E-state index in [1.807, 2.05) is 13.8 Å². The highest BCUT2D eigenvalue weighted by atomic mass is 19.1. The van der Waals surface area contributed by atoms with Gasteiger partial charge >= 0.3 is 0 Å². The molecule has 0 aliphatic rings. The molecule has 2 aromatic heterocycles. The lowest BCUT2D eigenvalue weighted by Crippen LogP contribution is -2.11. The molecule has 0 unspecified atom stereocenters. The van der Waals surface area contributed by atoms with Gasteiger partial charge in [0.25, 0.3) is 0 Å². The Kier molecular flexibility index (Phi) is 6.05. The van der Waals surface area contributed by atoms with Crippen molar-refractivity contribution in [3.05, 3.63) is 47.7 Å². The van der Waals surface area contributed by atoms with Gasteiger partial charge in [-0.15, -0.1) is 0 Å². The first kappa shape index (κ1) is 19.6. The SMILES string of the molecule is CCNCc1cnn(-c2c(OC)ccc(Nc3nc(C)cc(NC)n3)c2F)c1. The molecule has 148 valence electrons. The number of rotatable bonds is 8. The van der Waals surface area contributed by atoms with Crippen molar-refractivity contribution < 1.29 is 9.13 Å². The van der Waals surface area contributed by atoms with Crippen molar-refractivity contribution in [2.45, 2.75) is 20.4 Å². The Morgan fingerprint density at radius 1 is 1.25 bits per heavy atom. The molecule has 0 fully saturated rings. The molecule has 2 heterocycles. The molecule has 9 heteroatoms. The van der Waals surface area contributed by atoms with Gasteiger partial charge in [-0.1, -0.05) is 6.92 Å². The average Bonchev–Trinajstić information content (AvgIpc) is 3.15. The second kappa shape index (κ2) is 8.66. The van der Waals surface area contributed by atoms with Crippen LogP contribution in [0.4, 0.5) is 21.8 Å². The van der Waals surface area contributed by atoms with E-state index in [9.17, 15) is 0 Å². The topological polar surface area (TPSA) is 88.9 Å². The summed E-state index contributed by atoms with van der Waals surface area (Å²) in [6.45, 7) is 5.36. The maximum Gasteiger partial charge on any atom is 0.229 e. The van der Waals surface area contributed by atoms with Crippen LogP contribution < -0.4 is 20.7 Å². The van der Waals surface area contributed by atoms with E-state index in [-0.39, 0.29) is 11.4 Å². The molecule has 3 rings (SSSR count). The predicted molar refractivity (Wildman–Crippen MR) is 107 cm³/mol. The monoisotopic (exact) mass is 385 g/mol. The highest BCUT2D eigenvalue weighted by Crippen LogP contribution is 2.32. The Bertz CT molecular complexity index is 957. The van der Waals surface area contributed by atoms with Crippen LogP contribution in [-0.2, 0) is 6.54 Å². The van der Waals surface area contributed by atoms with Crippen LogP contribution in [0.5, 0.6) is 5.75 Å². The number of aromatic nitrogens is 4. The number of anilines is 3. The molecule has 0 amide bonds.